The molecule has 0 bridgehead atoms. The van der Waals surface area contributed by atoms with Gasteiger partial charge in [-0.15, -0.1) is 0 Å². The van der Waals surface area contributed by atoms with Crippen LogP contribution in [0.5, 0.6) is 0 Å². The van der Waals surface area contributed by atoms with Crippen LogP contribution in [0.15, 0.2) is 0 Å². The lowest BCUT2D eigenvalue weighted by atomic mass is 9.66. The number of hydrogen-bond donors (Lipinski definition) is 1. The fraction of sp³-hybridized carbons (Fsp3) is 0.917. The average Bonchev–Trinajstić information content (AvgIpc) is 3.01. The predicted molar refractivity (Wildman–Crippen MR) is 56.2 cm³/mol. The van der Waals surface area contributed by atoms with Crippen LogP contribution < -0.4 is 5.73 Å². The molecule has 75 valence electrons. The van der Waals surface area contributed by atoms with Crippen LogP contribution in [0.2, 0.25) is 0 Å². The first-order valence-corrected chi connectivity index (χ1v) is 5.86. The van der Waals surface area contributed by atoms with Crippen molar-refractivity contribution in [3.05, 3.63) is 6.42 Å². The molecule has 2 N–H and O–H groups in total. The van der Waals surface area contributed by atoms with Gasteiger partial charge in [-0.1, -0.05) is 19.8 Å². The van der Waals surface area contributed by atoms with Crippen LogP contribution >= 0.6 is 0 Å². The van der Waals surface area contributed by atoms with E-state index in [1.807, 2.05) is 0 Å². The molecule has 0 heterocycles. The third-order valence-corrected chi connectivity index (χ3v) is 4.17. The number of hydrogen-bond acceptors (Lipinski definition) is 1. The summed E-state index contributed by atoms with van der Waals surface area (Å²) in [5.41, 5.74) is 6.86. The van der Waals surface area contributed by atoms with Gasteiger partial charge < -0.3 is 5.73 Å². The second-order valence-corrected chi connectivity index (χ2v) is 4.96. The Balaban J connectivity index is 2.02. The summed E-state index contributed by atoms with van der Waals surface area (Å²) in [5, 5.41) is 0. The van der Waals surface area contributed by atoms with Gasteiger partial charge in [-0.3, -0.25) is 0 Å². The molecule has 2 aliphatic carbocycles. The van der Waals surface area contributed by atoms with Crippen molar-refractivity contribution < 1.29 is 0 Å². The minimum absolute atomic E-state index is 0.486. The van der Waals surface area contributed by atoms with Gasteiger partial charge in [-0.2, -0.15) is 0 Å². The summed E-state index contributed by atoms with van der Waals surface area (Å²) < 4.78 is 0. The molecule has 2 fully saturated rings. The van der Waals surface area contributed by atoms with Crippen LogP contribution in [0.4, 0.5) is 0 Å². The molecule has 0 saturated heterocycles. The zero-order valence-electron chi connectivity index (χ0n) is 8.76. The van der Waals surface area contributed by atoms with Crippen molar-refractivity contribution >= 4 is 0 Å². The maximum absolute atomic E-state index is 6.38. The molecule has 2 unspecified atom stereocenters. The quantitative estimate of drug-likeness (QED) is 0.710. The summed E-state index contributed by atoms with van der Waals surface area (Å²) in [4.78, 5) is 0. The van der Waals surface area contributed by atoms with Crippen LogP contribution in [-0.2, 0) is 0 Å². The lowest BCUT2D eigenvalue weighted by Gasteiger charge is -2.41. The maximum Gasteiger partial charge on any atom is 0.0124 e. The molecule has 1 nitrogen and oxygen atoms in total. The van der Waals surface area contributed by atoms with Gasteiger partial charge in [0.05, 0.1) is 0 Å². The van der Waals surface area contributed by atoms with E-state index in [1.54, 1.807) is 0 Å². The van der Waals surface area contributed by atoms with Crippen LogP contribution in [0.1, 0.15) is 51.9 Å². The Labute approximate surface area is 82.1 Å². The smallest absolute Gasteiger partial charge is 0.0124 e. The van der Waals surface area contributed by atoms with Crippen molar-refractivity contribution in [2.45, 2.75) is 57.9 Å². The molecule has 2 aliphatic rings. The minimum Gasteiger partial charge on any atom is -0.327 e. The molecule has 13 heavy (non-hydrogen) atoms. The van der Waals surface area contributed by atoms with Gasteiger partial charge >= 0.3 is 0 Å². The monoisotopic (exact) mass is 180 g/mol. The van der Waals surface area contributed by atoms with Gasteiger partial charge in [0.15, 0.2) is 0 Å². The molecule has 2 atom stereocenters. The van der Waals surface area contributed by atoms with Gasteiger partial charge in [-0.05, 0) is 49.9 Å². The zero-order valence-corrected chi connectivity index (χ0v) is 8.76. The van der Waals surface area contributed by atoms with Crippen LogP contribution in [0.25, 0.3) is 0 Å². The summed E-state index contributed by atoms with van der Waals surface area (Å²) >= 11 is 0. The van der Waals surface area contributed by atoms with Crippen molar-refractivity contribution in [1.29, 1.82) is 0 Å². The Morgan fingerprint density at radius 3 is 2.77 bits per heavy atom. The second kappa shape index (κ2) is 3.61. The Kier molecular flexibility index (Phi) is 2.64. The molecular formula is C12H22N. The van der Waals surface area contributed by atoms with Crippen molar-refractivity contribution in [3.63, 3.8) is 0 Å². The molecule has 0 amide bonds. The fourth-order valence-electron chi connectivity index (χ4n) is 2.90. The van der Waals surface area contributed by atoms with Gasteiger partial charge in [0.1, 0.15) is 0 Å². The highest BCUT2D eigenvalue weighted by Crippen LogP contribution is 2.48. The van der Waals surface area contributed by atoms with E-state index >= 15 is 0 Å². The van der Waals surface area contributed by atoms with E-state index < -0.39 is 0 Å². The van der Waals surface area contributed by atoms with Gasteiger partial charge in [-0.25, -0.2) is 0 Å². The molecule has 2 saturated carbocycles. The van der Waals surface area contributed by atoms with E-state index in [9.17, 15) is 0 Å². The van der Waals surface area contributed by atoms with E-state index in [-0.39, 0.29) is 0 Å². The molecule has 0 aromatic carbocycles. The molecule has 1 radical (unpaired) electrons. The third kappa shape index (κ3) is 1.76. The number of nitrogens with two attached hydrogens (primary N) is 1. The van der Waals surface area contributed by atoms with E-state index in [1.165, 1.54) is 44.9 Å². The second-order valence-electron chi connectivity index (χ2n) is 4.96. The molecule has 2 rings (SSSR count). The van der Waals surface area contributed by atoms with Crippen molar-refractivity contribution in [2.24, 2.45) is 17.1 Å². The molecule has 1 heteroatoms. The third-order valence-electron chi connectivity index (χ3n) is 4.17. The van der Waals surface area contributed by atoms with Crippen molar-refractivity contribution in [1.82, 2.24) is 0 Å². The van der Waals surface area contributed by atoms with Crippen LogP contribution in [0, 0.1) is 17.8 Å². The topological polar surface area (TPSA) is 26.0 Å². The van der Waals surface area contributed by atoms with Gasteiger partial charge in [0.2, 0.25) is 0 Å². The minimum atomic E-state index is 0.486. The van der Waals surface area contributed by atoms with Gasteiger partial charge in [0, 0.05) is 6.04 Å². The van der Waals surface area contributed by atoms with E-state index in [2.05, 4.69) is 13.3 Å². The van der Waals surface area contributed by atoms with Gasteiger partial charge in [0.25, 0.3) is 0 Å². The summed E-state index contributed by atoms with van der Waals surface area (Å²) in [5.74, 6) is 0.867. The molecule has 0 aromatic heterocycles. The van der Waals surface area contributed by atoms with E-state index in [0.717, 1.165) is 5.92 Å². The average molecular weight is 180 g/mol. The standard InChI is InChI=1S/C12H22N/c1-2-12(8-4-3-5-9-12)11(13)10-6-7-10/h4,10-11H,2-3,5-9,13H2,1H3. The van der Waals surface area contributed by atoms with Crippen LogP contribution in [0.3, 0.4) is 0 Å². The first-order valence-electron chi connectivity index (χ1n) is 5.86. The molecular weight excluding hydrogens is 158 g/mol. The molecule has 0 aliphatic heterocycles. The molecule has 0 spiro atoms. The Morgan fingerprint density at radius 2 is 2.31 bits per heavy atom. The number of rotatable bonds is 3. The molecule has 0 aromatic rings. The first-order chi connectivity index (χ1) is 6.28. The highest BCUT2D eigenvalue weighted by molar-refractivity contribution is 5.01. The van der Waals surface area contributed by atoms with Crippen molar-refractivity contribution in [3.8, 4) is 0 Å². The lowest BCUT2D eigenvalue weighted by molar-refractivity contribution is 0.149. The summed E-state index contributed by atoms with van der Waals surface area (Å²) in [6.45, 7) is 2.32. The van der Waals surface area contributed by atoms with Crippen molar-refractivity contribution in [2.75, 3.05) is 0 Å². The highest BCUT2D eigenvalue weighted by atomic mass is 14.7. The summed E-state index contributed by atoms with van der Waals surface area (Å²) in [6, 6.07) is 0.494. The lowest BCUT2D eigenvalue weighted by Crippen LogP contribution is -2.44. The highest BCUT2D eigenvalue weighted by Gasteiger charge is 2.43. The Bertz CT molecular complexity index is 166. The first kappa shape index (κ1) is 9.51. The Morgan fingerprint density at radius 1 is 1.54 bits per heavy atom. The summed E-state index contributed by atoms with van der Waals surface area (Å²) in [6.07, 6.45) is 11.9. The normalized spacial score (nSPS) is 30.0. The largest absolute Gasteiger partial charge is 0.327 e. The SMILES string of the molecule is CCC1(C(N)C2CC2)C[CH]CCC1. The van der Waals surface area contributed by atoms with E-state index in [4.69, 9.17) is 5.73 Å². The predicted octanol–water partition coefficient (Wildman–Crippen LogP) is 2.90. The maximum atomic E-state index is 6.38. The zero-order chi connectivity index (χ0) is 9.31. The fourth-order valence-corrected chi connectivity index (χ4v) is 2.90. The van der Waals surface area contributed by atoms with E-state index in [0.29, 0.717) is 11.5 Å². The van der Waals surface area contributed by atoms with Crippen LogP contribution in [-0.4, -0.2) is 6.04 Å². The Hall–Kier alpha value is -0.0400. The summed E-state index contributed by atoms with van der Waals surface area (Å²) in [7, 11) is 0.